The van der Waals surface area contributed by atoms with Crippen LogP contribution in [-0.4, -0.2) is 55.2 Å². The topological polar surface area (TPSA) is 80.4 Å². The van der Waals surface area contributed by atoms with E-state index in [4.69, 9.17) is 15.3 Å². The van der Waals surface area contributed by atoms with Crippen molar-refractivity contribution in [3.05, 3.63) is 0 Å². The van der Waals surface area contributed by atoms with E-state index >= 15 is 0 Å². The number of amides is 1. The van der Waals surface area contributed by atoms with Gasteiger partial charge in [0.2, 0.25) is 0 Å². The van der Waals surface area contributed by atoms with E-state index < -0.39 is 0 Å². The molecular weight excluding hydrogens is 268 g/mol. The van der Waals surface area contributed by atoms with Crippen molar-refractivity contribution in [2.75, 3.05) is 33.3 Å². The Bertz CT molecular complexity index is 405. The highest BCUT2D eigenvalue weighted by Crippen LogP contribution is 2.18. The van der Waals surface area contributed by atoms with Gasteiger partial charge < -0.3 is 14.5 Å². The Morgan fingerprint density at radius 2 is 2.10 bits per heavy atom. The molecule has 0 aromatic heterocycles. The molecule has 1 aliphatic heterocycles. The predicted molar refractivity (Wildman–Crippen MR) is 78.2 cm³/mol. The summed E-state index contributed by atoms with van der Waals surface area (Å²) in [6, 6.07) is 4.57. The minimum Gasteiger partial charge on any atom is -0.450 e. The van der Waals surface area contributed by atoms with Crippen molar-refractivity contribution in [1.29, 1.82) is 10.5 Å². The van der Waals surface area contributed by atoms with E-state index in [-0.39, 0.29) is 18.1 Å². The van der Waals surface area contributed by atoms with Gasteiger partial charge in [0.05, 0.1) is 24.7 Å². The molecule has 0 spiro atoms. The van der Waals surface area contributed by atoms with Crippen LogP contribution in [0, 0.1) is 28.6 Å². The number of carbonyl (C=O) groups is 1. The van der Waals surface area contributed by atoms with Crippen LogP contribution < -0.4 is 0 Å². The SMILES string of the molecule is CCOC(=O)N(C)C1CCN(CC(C#N)CCC#N)CC1. The highest BCUT2D eigenvalue weighted by molar-refractivity contribution is 5.67. The van der Waals surface area contributed by atoms with Crippen molar-refractivity contribution in [3.63, 3.8) is 0 Å². The van der Waals surface area contributed by atoms with Crippen LogP contribution in [0.1, 0.15) is 32.6 Å². The quantitative estimate of drug-likeness (QED) is 0.747. The Kier molecular flexibility index (Phi) is 7.56. The molecule has 0 radical (unpaired) electrons. The van der Waals surface area contributed by atoms with Crippen LogP contribution in [-0.2, 0) is 4.74 Å². The molecule has 1 unspecified atom stereocenters. The molecule has 0 aromatic carbocycles. The zero-order valence-corrected chi connectivity index (χ0v) is 12.9. The Morgan fingerprint density at radius 1 is 1.43 bits per heavy atom. The molecule has 1 saturated heterocycles. The summed E-state index contributed by atoms with van der Waals surface area (Å²) in [6.07, 6.45) is 2.59. The third kappa shape index (κ3) is 5.61. The summed E-state index contributed by atoms with van der Waals surface area (Å²) in [5.74, 6) is -0.0796. The van der Waals surface area contributed by atoms with Gasteiger partial charge in [0.25, 0.3) is 0 Å². The fourth-order valence-corrected chi connectivity index (χ4v) is 2.61. The maximum absolute atomic E-state index is 11.7. The standard InChI is InChI=1S/C15H24N4O2/c1-3-21-15(20)18(2)14-6-9-19(10-7-14)12-13(11-17)5-4-8-16/h13-14H,3-7,9-10,12H2,1-2H3. The lowest BCUT2D eigenvalue weighted by Gasteiger charge is -2.36. The van der Waals surface area contributed by atoms with Crippen molar-refractivity contribution < 1.29 is 9.53 Å². The Morgan fingerprint density at radius 3 is 2.62 bits per heavy atom. The first-order chi connectivity index (χ1) is 10.1. The van der Waals surface area contributed by atoms with Gasteiger partial charge in [-0.3, -0.25) is 0 Å². The molecule has 1 heterocycles. The fraction of sp³-hybridized carbons (Fsp3) is 0.800. The lowest BCUT2D eigenvalue weighted by Crippen LogP contribution is -2.46. The van der Waals surface area contributed by atoms with E-state index in [2.05, 4.69) is 17.0 Å². The molecule has 1 rings (SSSR count). The van der Waals surface area contributed by atoms with Gasteiger partial charge in [-0.15, -0.1) is 0 Å². The van der Waals surface area contributed by atoms with Crippen molar-refractivity contribution in [2.24, 2.45) is 5.92 Å². The summed E-state index contributed by atoms with van der Waals surface area (Å²) in [5.41, 5.74) is 0. The smallest absolute Gasteiger partial charge is 0.409 e. The van der Waals surface area contributed by atoms with Crippen LogP contribution in [0.3, 0.4) is 0 Å². The Labute approximate surface area is 126 Å². The lowest BCUT2D eigenvalue weighted by atomic mass is 10.00. The average molecular weight is 292 g/mol. The van der Waals surface area contributed by atoms with Gasteiger partial charge in [-0.2, -0.15) is 10.5 Å². The van der Waals surface area contributed by atoms with Gasteiger partial charge in [-0.1, -0.05) is 0 Å². The number of carbonyl (C=O) groups excluding carboxylic acids is 1. The monoisotopic (exact) mass is 292 g/mol. The molecular formula is C15H24N4O2. The molecule has 0 saturated carbocycles. The van der Waals surface area contributed by atoms with Gasteiger partial charge in [-0.25, -0.2) is 4.79 Å². The number of rotatable bonds is 6. The molecule has 1 aliphatic rings. The number of nitriles is 2. The van der Waals surface area contributed by atoms with Gasteiger partial charge in [0.1, 0.15) is 0 Å². The fourth-order valence-electron chi connectivity index (χ4n) is 2.61. The predicted octanol–water partition coefficient (Wildman–Crippen LogP) is 1.98. The average Bonchev–Trinajstić information content (AvgIpc) is 2.51. The van der Waals surface area contributed by atoms with Crippen LogP contribution in [0.5, 0.6) is 0 Å². The normalized spacial score (nSPS) is 17.5. The van der Waals surface area contributed by atoms with E-state index in [1.54, 1.807) is 18.9 Å². The maximum atomic E-state index is 11.7. The van der Waals surface area contributed by atoms with Crippen molar-refractivity contribution in [1.82, 2.24) is 9.80 Å². The molecule has 1 fully saturated rings. The first kappa shape index (κ1) is 17.3. The van der Waals surface area contributed by atoms with E-state index in [0.29, 0.717) is 26.0 Å². The molecule has 0 aromatic rings. The van der Waals surface area contributed by atoms with Crippen LogP contribution in [0.15, 0.2) is 0 Å². The van der Waals surface area contributed by atoms with Gasteiger partial charge in [0.15, 0.2) is 0 Å². The van der Waals surface area contributed by atoms with E-state index in [1.165, 1.54) is 0 Å². The molecule has 0 bridgehead atoms. The van der Waals surface area contributed by atoms with Gasteiger partial charge >= 0.3 is 6.09 Å². The molecule has 0 N–H and O–H groups in total. The van der Waals surface area contributed by atoms with Crippen molar-refractivity contribution >= 4 is 6.09 Å². The van der Waals surface area contributed by atoms with Crippen LogP contribution in [0.2, 0.25) is 0 Å². The summed E-state index contributed by atoms with van der Waals surface area (Å²) in [4.78, 5) is 15.6. The third-order valence-electron chi connectivity index (χ3n) is 3.93. The van der Waals surface area contributed by atoms with Crippen LogP contribution >= 0.6 is 0 Å². The molecule has 0 aliphatic carbocycles. The molecule has 116 valence electrons. The second-order valence-electron chi connectivity index (χ2n) is 5.36. The number of piperidine rings is 1. The highest BCUT2D eigenvalue weighted by atomic mass is 16.6. The van der Waals surface area contributed by atoms with Gasteiger partial charge in [0, 0.05) is 39.1 Å². The minimum absolute atomic E-state index is 0.0796. The minimum atomic E-state index is -0.264. The molecule has 6 heteroatoms. The number of nitrogens with zero attached hydrogens (tertiary/aromatic N) is 4. The Balaban J connectivity index is 2.36. The largest absolute Gasteiger partial charge is 0.450 e. The first-order valence-corrected chi connectivity index (χ1v) is 7.50. The van der Waals surface area contributed by atoms with Gasteiger partial charge in [-0.05, 0) is 26.2 Å². The summed E-state index contributed by atoms with van der Waals surface area (Å²) in [5, 5.41) is 17.7. The molecule has 1 amide bonds. The second-order valence-corrected chi connectivity index (χ2v) is 5.36. The summed E-state index contributed by atoms with van der Waals surface area (Å²) < 4.78 is 5.01. The number of hydrogen-bond donors (Lipinski definition) is 0. The summed E-state index contributed by atoms with van der Waals surface area (Å²) in [6.45, 7) is 4.66. The summed E-state index contributed by atoms with van der Waals surface area (Å²) in [7, 11) is 1.78. The van der Waals surface area contributed by atoms with Crippen molar-refractivity contribution in [3.8, 4) is 12.1 Å². The molecule has 1 atom stereocenters. The lowest BCUT2D eigenvalue weighted by molar-refractivity contribution is 0.0783. The molecule has 21 heavy (non-hydrogen) atoms. The first-order valence-electron chi connectivity index (χ1n) is 7.50. The molecule has 6 nitrogen and oxygen atoms in total. The van der Waals surface area contributed by atoms with E-state index in [1.807, 2.05) is 0 Å². The van der Waals surface area contributed by atoms with E-state index in [0.717, 1.165) is 25.9 Å². The Hall–Kier alpha value is -1.79. The van der Waals surface area contributed by atoms with Crippen molar-refractivity contribution in [2.45, 2.75) is 38.6 Å². The maximum Gasteiger partial charge on any atom is 0.409 e. The highest BCUT2D eigenvalue weighted by Gasteiger charge is 2.27. The summed E-state index contributed by atoms with van der Waals surface area (Å²) >= 11 is 0. The zero-order valence-electron chi connectivity index (χ0n) is 12.9. The van der Waals surface area contributed by atoms with E-state index in [9.17, 15) is 4.79 Å². The number of likely N-dealkylation sites (tertiary alicyclic amines) is 1. The third-order valence-corrected chi connectivity index (χ3v) is 3.93. The van der Waals surface area contributed by atoms with Crippen LogP contribution in [0.25, 0.3) is 0 Å². The number of hydrogen-bond acceptors (Lipinski definition) is 5. The second kappa shape index (κ2) is 9.20. The van der Waals surface area contributed by atoms with Crippen LogP contribution in [0.4, 0.5) is 4.79 Å². The zero-order chi connectivity index (χ0) is 15.7. The number of ether oxygens (including phenoxy) is 1.